The third-order valence-electron chi connectivity index (χ3n) is 2.19. The van der Waals surface area contributed by atoms with E-state index >= 15 is 0 Å². The van der Waals surface area contributed by atoms with Crippen LogP contribution in [-0.2, 0) is 4.79 Å². The first-order valence-corrected chi connectivity index (χ1v) is 5.77. The van der Waals surface area contributed by atoms with Crippen LogP contribution in [0.5, 0.6) is 0 Å². The Morgan fingerprint density at radius 2 is 2.46 bits per heavy atom. The largest absolute Gasteiger partial charge is 0.392 e. The van der Waals surface area contributed by atoms with E-state index in [9.17, 15) is 4.79 Å². The van der Waals surface area contributed by atoms with Crippen molar-refractivity contribution in [1.29, 1.82) is 0 Å². The maximum atomic E-state index is 11.7. The van der Waals surface area contributed by atoms with Crippen molar-refractivity contribution in [3.05, 3.63) is 0 Å². The number of rotatable bonds is 3. The molecule has 1 N–H and O–H groups in total. The van der Waals surface area contributed by atoms with Crippen molar-refractivity contribution in [2.45, 2.75) is 19.4 Å². The van der Waals surface area contributed by atoms with Crippen LogP contribution >= 0.6 is 11.8 Å². The van der Waals surface area contributed by atoms with Crippen LogP contribution < -0.4 is 0 Å². The lowest BCUT2D eigenvalue weighted by Gasteiger charge is -2.21. The maximum Gasteiger partial charge on any atom is 0.226 e. The van der Waals surface area contributed by atoms with Crippen molar-refractivity contribution in [3.63, 3.8) is 0 Å². The number of thioether (sulfide) groups is 1. The molecule has 76 valence electrons. The number of hydrogen-bond donors (Lipinski definition) is 1. The predicted octanol–water partition coefficient (Wildman–Crippen LogP) is 0.579. The minimum atomic E-state index is -0.428. The predicted molar refractivity (Wildman–Crippen MR) is 54.7 cm³/mol. The molecule has 0 aromatic rings. The quantitative estimate of drug-likeness (QED) is 0.729. The Morgan fingerprint density at radius 3 is 2.92 bits per heavy atom. The molecule has 4 heteroatoms. The van der Waals surface area contributed by atoms with Gasteiger partial charge in [0.1, 0.15) is 0 Å². The number of aliphatic hydroxyl groups is 1. The van der Waals surface area contributed by atoms with Crippen molar-refractivity contribution >= 4 is 17.7 Å². The van der Waals surface area contributed by atoms with E-state index in [1.807, 2.05) is 11.8 Å². The Hall–Kier alpha value is -0.220. The van der Waals surface area contributed by atoms with Crippen LogP contribution in [-0.4, -0.2) is 47.1 Å². The molecule has 2 atom stereocenters. The molecule has 3 nitrogen and oxygen atoms in total. The second kappa shape index (κ2) is 4.86. The van der Waals surface area contributed by atoms with E-state index in [-0.39, 0.29) is 11.8 Å². The molecule has 1 heterocycles. The van der Waals surface area contributed by atoms with Gasteiger partial charge in [0.2, 0.25) is 5.91 Å². The third kappa shape index (κ3) is 3.19. The van der Waals surface area contributed by atoms with Gasteiger partial charge in [0.15, 0.2) is 0 Å². The molecule has 0 aliphatic carbocycles. The smallest absolute Gasteiger partial charge is 0.226 e. The summed E-state index contributed by atoms with van der Waals surface area (Å²) >= 11 is 1.84. The van der Waals surface area contributed by atoms with Crippen molar-refractivity contribution in [3.8, 4) is 0 Å². The van der Waals surface area contributed by atoms with E-state index in [4.69, 9.17) is 5.11 Å². The highest BCUT2D eigenvalue weighted by Crippen LogP contribution is 2.24. The van der Waals surface area contributed by atoms with Gasteiger partial charge in [0.05, 0.1) is 6.10 Å². The van der Waals surface area contributed by atoms with Crippen molar-refractivity contribution in [1.82, 2.24) is 4.90 Å². The fraction of sp³-hybridized carbons (Fsp3) is 0.889. The van der Waals surface area contributed by atoms with Gasteiger partial charge in [-0.1, -0.05) is 0 Å². The summed E-state index contributed by atoms with van der Waals surface area (Å²) in [7, 11) is 1.76. The minimum absolute atomic E-state index is 0.186. The van der Waals surface area contributed by atoms with Gasteiger partial charge in [-0.25, -0.2) is 0 Å². The molecule has 13 heavy (non-hydrogen) atoms. The van der Waals surface area contributed by atoms with Crippen molar-refractivity contribution in [2.75, 3.05) is 25.1 Å². The molecule has 1 aliphatic heterocycles. The third-order valence-corrected chi connectivity index (χ3v) is 3.36. The van der Waals surface area contributed by atoms with E-state index in [1.54, 1.807) is 18.9 Å². The number of amides is 1. The maximum absolute atomic E-state index is 11.7. The molecule has 0 aromatic carbocycles. The molecule has 0 bridgehead atoms. The van der Waals surface area contributed by atoms with E-state index in [0.29, 0.717) is 6.54 Å². The molecule has 0 saturated carbocycles. The second-order valence-electron chi connectivity index (χ2n) is 3.63. The molecule has 1 saturated heterocycles. The number of likely N-dealkylation sites (N-methyl/N-ethyl adjacent to an activating group) is 1. The number of carbonyl (C=O) groups is 1. The van der Waals surface area contributed by atoms with E-state index in [1.165, 1.54) is 0 Å². The fourth-order valence-electron chi connectivity index (χ4n) is 1.53. The first kappa shape index (κ1) is 10.9. The number of nitrogens with zero attached hydrogens (tertiary/aromatic N) is 1. The zero-order valence-corrected chi connectivity index (χ0v) is 9.01. The molecular weight excluding hydrogens is 186 g/mol. The van der Waals surface area contributed by atoms with Crippen LogP contribution in [0.25, 0.3) is 0 Å². The minimum Gasteiger partial charge on any atom is -0.392 e. The van der Waals surface area contributed by atoms with Crippen LogP contribution in [0.1, 0.15) is 13.3 Å². The standard InChI is InChI=1S/C9H17NO2S/c1-7(11)5-10(2)9(12)8-3-4-13-6-8/h7-8,11H,3-6H2,1-2H3. The molecule has 0 radical (unpaired) electrons. The molecule has 0 spiro atoms. The van der Waals surface area contributed by atoms with Crippen LogP contribution in [0.4, 0.5) is 0 Å². The number of aliphatic hydroxyl groups excluding tert-OH is 1. The zero-order chi connectivity index (χ0) is 9.84. The molecule has 1 fully saturated rings. The van der Waals surface area contributed by atoms with E-state index in [2.05, 4.69) is 0 Å². The molecule has 1 aliphatic rings. The fourth-order valence-corrected chi connectivity index (χ4v) is 2.74. The van der Waals surface area contributed by atoms with E-state index in [0.717, 1.165) is 17.9 Å². The number of hydrogen-bond acceptors (Lipinski definition) is 3. The van der Waals surface area contributed by atoms with Gasteiger partial charge >= 0.3 is 0 Å². The normalized spacial score (nSPS) is 24.4. The highest BCUT2D eigenvalue weighted by molar-refractivity contribution is 7.99. The molecular formula is C9H17NO2S. The zero-order valence-electron chi connectivity index (χ0n) is 8.19. The topological polar surface area (TPSA) is 40.5 Å². The summed E-state index contributed by atoms with van der Waals surface area (Å²) in [5.41, 5.74) is 0. The SMILES string of the molecule is CC(O)CN(C)C(=O)C1CCSC1. The highest BCUT2D eigenvalue weighted by atomic mass is 32.2. The van der Waals surface area contributed by atoms with Gasteiger partial charge in [-0.3, -0.25) is 4.79 Å². The van der Waals surface area contributed by atoms with Crippen molar-refractivity contribution < 1.29 is 9.90 Å². The van der Waals surface area contributed by atoms with Gasteiger partial charge < -0.3 is 10.0 Å². The molecule has 1 amide bonds. The Labute approximate surface area is 83.5 Å². The Balaban J connectivity index is 2.36. The summed E-state index contributed by atoms with van der Waals surface area (Å²) < 4.78 is 0. The lowest BCUT2D eigenvalue weighted by atomic mass is 10.1. The first-order valence-electron chi connectivity index (χ1n) is 4.62. The van der Waals surface area contributed by atoms with Crippen LogP contribution in [0.3, 0.4) is 0 Å². The summed E-state index contributed by atoms with van der Waals surface area (Å²) in [5.74, 6) is 2.42. The first-order chi connectivity index (χ1) is 6.11. The van der Waals surface area contributed by atoms with Gasteiger partial charge in [-0.15, -0.1) is 0 Å². The average Bonchev–Trinajstić information content (AvgIpc) is 2.53. The average molecular weight is 203 g/mol. The molecule has 2 unspecified atom stereocenters. The number of carbonyl (C=O) groups excluding carboxylic acids is 1. The second-order valence-corrected chi connectivity index (χ2v) is 4.78. The highest BCUT2D eigenvalue weighted by Gasteiger charge is 2.26. The van der Waals surface area contributed by atoms with Gasteiger partial charge in [-0.2, -0.15) is 11.8 Å². The van der Waals surface area contributed by atoms with Gasteiger partial charge in [-0.05, 0) is 19.1 Å². The summed E-state index contributed by atoms with van der Waals surface area (Å²) in [6, 6.07) is 0. The molecule has 1 rings (SSSR count). The van der Waals surface area contributed by atoms with E-state index < -0.39 is 6.10 Å². The Bertz CT molecular complexity index is 178. The summed E-state index contributed by atoms with van der Waals surface area (Å²) in [6.07, 6.45) is 0.566. The Morgan fingerprint density at radius 1 is 1.77 bits per heavy atom. The van der Waals surface area contributed by atoms with Gasteiger partial charge in [0, 0.05) is 25.3 Å². The summed E-state index contributed by atoms with van der Waals surface area (Å²) in [5, 5.41) is 9.12. The lowest BCUT2D eigenvalue weighted by molar-refractivity contribution is -0.134. The van der Waals surface area contributed by atoms with Crippen molar-refractivity contribution in [2.24, 2.45) is 5.92 Å². The molecule has 0 aromatic heterocycles. The van der Waals surface area contributed by atoms with Crippen LogP contribution in [0.15, 0.2) is 0 Å². The Kier molecular flexibility index (Phi) is 4.06. The summed E-state index contributed by atoms with van der Waals surface area (Å²) in [6.45, 7) is 2.15. The van der Waals surface area contributed by atoms with Crippen LogP contribution in [0.2, 0.25) is 0 Å². The van der Waals surface area contributed by atoms with Crippen LogP contribution in [0, 0.1) is 5.92 Å². The summed E-state index contributed by atoms with van der Waals surface area (Å²) in [4.78, 5) is 13.3. The van der Waals surface area contributed by atoms with Gasteiger partial charge in [0.25, 0.3) is 0 Å². The lowest BCUT2D eigenvalue weighted by Crippen LogP contribution is -2.37. The monoisotopic (exact) mass is 203 g/mol.